The second kappa shape index (κ2) is 7.83. The Hall–Kier alpha value is -0.590. The quantitative estimate of drug-likeness (QED) is 0.461. The van der Waals surface area contributed by atoms with Gasteiger partial charge in [0, 0.05) is 6.42 Å². The molecule has 0 N–H and O–H groups in total. The fourth-order valence-corrected chi connectivity index (χ4v) is 8.59. The molecular weight excluding hydrogens is 352 g/mol. The smallest absolute Gasteiger partial charge is 0.155 e. The minimum absolute atomic E-state index is 0.328. The molecule has 0 spiro atoms. The molecule has 0 aromatic carbocycles. The van der Waals surface area contributed by atoms with Crippen molar-refractivity contribution in [2.24, 2.45) is 52.3 Å². The molecule has 4 aliphatic rings. The van der Waals surface area contributed by atoms with Gasteiger partial charge in [0.1, 0.15) is 0 Å². The number of carbonyl (C=O) groups excluding carboxylic acids is 1. The van der Waals surface area contributed by atoms with E-state index in [1.807, 2.05) is 0 Å². The Labute approximate surface area is 180 Å². The zero-order valence-electron chi connectivity index (χ0n) is 20.1. The van der Waals surface area contributed by atoms with Crippen LogP contribution in [0.5, 0.6) is 0 Å². The molecule has 1 heteroatoms. The first-order valence-electron chi connectivity index (χ1n) is 12.9. The summed E-state index contributed by atoms with van der Waals surface area (Å²) < 4.78 is 0. The van der Waals surface area contributed by atoms with Gasteiger partial charge >= 0.3 is 0 Å². The van der Waals surface area contributed by atoms with Crippen LogP contribution in [0.2, 0.25) is 0 Å². The van der Waals surface area contributed by atoms with Crippen LogP contribution < -0.4 is 0 Å². The second-order valence-electron chi connectivity index (χ2n) is 12.5. The number of ketones is 1. The predicted molar refractivity (Wildman–Crippen MR) is 123 cm³/mol. The molecule has 4 rings (SSSR count). The van der Waals surface area contributed by atoms with Gasteiger partial charge in [-0.2, -0.15) is 0 Å². The van der Waals surface area contributed by atoms with Crippen LogP contribution in [0.4, 0.5) is 0 Å². The first-order chi connectivity index (χ1) is 13.7. The highest BCUT2D eigenvalue weighted by atomic mass is 16.1. The molecule has 3 saturated carbocycles. The Morgan fingerprint density at radius 2 is 1.69 bits per heavy atom. The first-order valence-corrected chi connectivity index (χ1v) is 12.9. The molecule has 0 amide bonds. The summed E-state index contributed by atoms with van der Waals surface area (Å²) in [5.41, 5.74) is 2.42. The van der Waals surface area contributed by atoms with Gasteiger partial charge in [0.15, 0.2) is 5.78 Å². The lowest BCUT2D eigenvalue weighted by molar-refractivity contribution is -0.117. The van der Waals surface area contributed by atoms with E-state index >= 15 is 0 Å². The minimum Gasteiger partial charge on any atom is -0.295 e. The molecule has 0 aromatic rings. The van der Waals surface area contributed by atoms with Crippen LogP contribution in [-0.4, -0.2) is 5.78 Å². The van der Waals surface area contributed by atoms with E-state index in [1.165, 1.54) is 56.9 Å². The van der Waals surface area contributed by atoms with Gasteiger partial charge < -0.3 is 0 Å². The fourth-order valence-electron chi connectivity index (χ4n) is 8.59. The number of fused-ring (bicyclic) bond motifs is 5. The van der Waals surface area contributed by atoms with Crippen LogP contribution in [-0.2, 0) is 4.79 Å². The molecule has 4 aliphatic carbocycles. The molecule has 0 saturated heterocycles. The van der Waals surface area contributed by atoms with Crippen LogP contribution in [0.1, 0.15) is 106 Å². The monoisotopic (exact) mass is 398 g/mol. The highest BCUT2D eigenvalue weighted by Crippen LogP contribution is 2.67. The highest BCUT2D eigenvalue weighted by Gasteiger charge is 2.59. The molecule has 1 nitrogen and oxygen atoms in total. The normalized spacial score (nSPS) is 44.0. The standard InChI is InChI=1S/C28H46O/c1-18(2)19(3)7-8-20(4)24-11-12-25-23-10-9-21-17-22(29)13-15-27(21,5)26(23)14-16-28(24,25)6/h17-20,23-26H,7-16H2,1-6H3. The lowest BCUT2D eigenvalue weighted by Crippen LogP contribution is -2.51. The largest absolute Gasteiger partial charge is 0.295 e. The molecule has 0 aromatic heterocycles. The van der Waals surface area contributed by atoms with Gasteiger partial charge in [0.2, 0.25) is 0 Å². The van der Waals surface area contributed by atoms with Crippen molar-refractivity contribution in [2.45, 2.75) is 106 Å². The Kier molecular flexibility index (Phi) is 5.84. The van der Waals surface area contributed by atoms with E-state index in [1.54, 1.807) is 0 Å². The van der Waals surface area contributed by atoms with Crippen LogP contribution in [0, 0.1) is 52.3 Å². The van der Waals surface area contributed by atoms with Crippen molar-refractivity contribution in [1.82, 2.24) is 0 Å². The van der Waals surface area contributed by atoms with Crippen molar-refractivity contribution in [3.05, 3.63) is 11.6 Å². The molecule has 0 radical (unpaired) electrons. The van der Waals surface area contributed by atoms with Gasteiger partial charge in [-0.05, 0) is 103 Å². The predicted octanol–water partition coefficient (Wildman–Crippen LogP) is 7.84. The summed E-state index contributed by atoms with van der Waals surface area (Å²) in [6.07, 6.45) is 15.1. The molecule has 8 atom stereocenters. The molecular formula is C28H46O. The summed E-state index contributed by atoms with van der Waals surface area (Å²) in [5, 5.41) is 0. The molecule has 8 unspecified atom stereocenters. The van der Waals surface area contributed by atoms with Crippen molar-refractivity contribution in [3.63, 3.8) is 0 Å². The Balaban J connectivity index is 1.49. The van der Waals surface area contributed by atoms with Gasteiger partial charge in [0.25, 0.3) is 0 Å². The zero-order valence-corrected chi connectivity index (χ0v) is 20.1. The van der Waals surface area contributed by atoms with Gasteiger partial charge in [0.05, 0.1) is 0 Å². The summed E-state index contributed by atoms with van der Waals surface area (Å²) in [7, 11) is 0. The molecule has 0 bridgehead atoms. The van der Waals surface area contributed by atoms with E-state index in [2.05, 4.69) is 47.6 Å². The first kappa shape index (κ1) is 21.6. The summed E-state index contributed by atoms with van der Waals surface area (Å²) in [5.74, 6) is 6.57. The summed E-state index contributed by atoms with van der Waals surface area (Å²) >= 11 is 0. The highest BCUT2D eigenvalue weighted by molar-refractivity contribution is 5.91. The summed E-state index contributed by atoms with van der Waals surface area (Å²) in [4.78, 5) is 12.0. The molecule has 3 fully saturated rings. The average Bonchev–Trinajstić information content (AvgIpc) is 3.03. The summed E-state index contributed by atoms with van der Waals surface area (Å²) in [6, 6.07) is 0. The number of carbonyl (C=O) groups is 1. The van der Waals surface area contributed by atoms with Crippen LogP contribution >= 0.6 is 0 Å². The second-order valence-corrected chi connectivity index (χ2v) is 12.5. The van der Waals surface area contributed by atoms with Crippen LogP contribution in [0.15, 0.2) is 11.6 Å². The van der Waals surface area contributed by atoms with Crippen LogP contribution in [0.25, 0.3) is 0 Å². The van der Waals surface area contributed by atoms with Crippen molar-refractivity contribution < 1.29 is 4.79 Å². The number of rotatable bonds is 5. The molecule has 29 heavy (non-hydrogen) atoms. The van der Waals surface area contributed by atoms with Gasteiger partial charge in [-0.25, -0.2) is 0 Å². The van der Waals surface area contributed by atoms with Gasteiger partial charge in [-0.3, -0.25) is 4.79 Å². The SMILES string of the molecule is CC(C)C(C)CCC(C)C1CCC2C3CCC4=CC(=O)CCC4(C)C3CCC12C. The third-order valence-electron chi connectivity index (χ3n) is 10.9. The number of hydrogen-bond acceptors (Lipinski definition) is 1. The topological polar surface area (TPSA) is 17.1 Å². The fraction of sp³-hybridized carbons (Fsp3) is 0.893. The van der Waals surface area contributed by atoms with Gasteiger partial charge in [-0.15, -0.1) is 0 Å². The van der Waals surface area contributed by atoms with E-state index in [0.717, 1.165) is 54.3 Å². The van der Waals surface area contributed by atoms with Crippen LogP contribution in [0.3, 0.4) is 0 Å². The van der Waals surface area contributed by atoms with E-state index in [4.69, 9.17) is 0 Å². The average molecular weight is 399 g/mol. The third-order valence-corrected chi connectivity index (χ3v) is 10.9. The number of allylic oxidation sites excluding steroid dienone is 1. The summed E-state index contributed by atoms with van der Waals surface area (Å²) in [6.45, 7) is 15.0. The Morgan fingerprint density at radius 3 is 2.41 bits per heavy atom. The third kappa shape index (κ3) is 3.57. The maximum absolute atomic E-state index is 12.0. The molecule has 0 aliphatic heterocycles. The van der Waals surface area contributed by atoms with Crippen molar-refractivity contribution in [2.75, 3.05) is 0 Å². The number of hydrogen-bond donors (Lipinski definition) is 0. The molecule has 164 valence electrons. The Bertz CT molecular complexity index is 659. The van der Waals surface area contributed by atoms with E-state index in [-0.39, 0.29) is 0 Å². The lowest BCUT2D eigenvalue weighted by Gasteiger charge is -2.58. The van der Waals surface area contributed by atoms with E-state index < -0.39 is 0 Å². The molecule has 0 heterocycles. The van der Waals surface area contributed by atoms with Gasteiger partial charge in [-0.1, -0.05) is 60.0 Å². The van der Waals surface area contributed by atoms with E-state index in [0.29, 0.717) is 16.6 Å². The van der Waals surface area contributed by atoms with Crippen molar-refractivity contribution in [1.29, 1.82) is 0 Å². The van der Waals surface area contributed by atoms with Crippen molar-refractivity contribution in [3.8, 4) is 0 Å². The zero-order chi connectivity index (χ0) is 21.0. The maximum atomic E-state index is 12.0. The van der Waals surface area contributed by atoms with Crippen molar-refractivity contribution >= 4 is 5.78 Å². The lowest BCUT2D eigenvalue weighted by atomic mass is 9.46. The Morgan fingerprint density at radius 1 is 0.931 bits per heavy atom. The minimum atomic E-state index is 0.328. The maximum Gasteiger partial charge on any atom is 0.155 e. The van der Waals surface area contributed by atoms with E-state index in [9.17, 15) is 4.79 Å².